The fourth-order valence-corrected chi connectivity index (χ4v) is 3.63. The summed E-state index contributed by atoms with van der Waals surface area (Å²) in [6.07, 6.45) is 0. The topological polar surface area (TPSA) is 81.3 Å². The molecule has 0 bridgehead atoms. The lowest BCUT2D eigenvalue weighted by Gasteiger charge is -2.05. The van der Waals surface area contributed by atoms with Crippen LogP contribution in [0.5, 0.6) is 0 Å². The quantitative estimate of drug-likeness (QED) is 0.460. The maximum Gasteiger partial charge on any atom is 0.367 e. The predicted molar refractivity (Wildman–Crippen MR) is 113 cm³/mol. The van der Waals surface area contributed by atoms with Crippen molar-refractivity contribution in [3.8, 4) is 0 Å². The van der Waals surface area contributed by atoms with Crippen LogP contribution in [-0.4, -0.2) is 25.3 Å². The molecule has 2 heterocycles. The first kappa shape index (κ1) is 20.1. The first-order valence-electron chi connectivity index (χ1n) is 8.88. The summed E-state index contributed by atoms with van der Waals surface area (Å²) in [7, 11) is 0. The molecule has 0 aliphatic heterocycles. The van der Waals surface area contributed by atoms with Gasteiger partial charge in [0, 0.05) is 10.8 Å². The first-order valence-corrected chi connectivity index (χ1v) is 10.2. The molecule has 7 nitrogen and oxygen atoms in total. The molecule has 2 aromatic carbocycles. The Morgan fingerprint density at radius 1 is 1.07 bits per heavy atom. The summed E-state index contributed by atoms with van der Waals surface area (Å²) < 4.78 is 15.8. The molecule has 0 aliphatic carbocycles. The molecule has 0 saturated carbocycles. The van der Waals surface area contributed by atoms with Crippen molar-refractivity contribution >= 4 is 40.6 Å². The summed E-state index contributed by atoms with van der Waals surface area (Å²) in [5, 5.41) is 12.1. The van der Waals surface area contributed by atoms with E-state index < -0.39 is 17.4 Å². The number of carbonyl (C=O) groups excluding carboxylic acids is 1. The average Bonchev–Trinajstić information content (AvgIpc) is 3.04. The molecule has 1 amide bonds. The highest BCUT2D eigenvalue weighted by Crippen LogP contribution is 2.21. The third-order valence-electron chi connectivity index (χ3n) is 4.16. The molecular weight excluding hydrogens is 429 g/mol. The zero-order valence-electron chi connectivity index (χ0n) is 15.5. The summed E-state index contributed by atoms with van der Waals surface area (Å²) in [6, 6.07) is 16.7. The molecule has 30 heavy (non-hydrogen) atoms. The van der Waals surface area contributed by atoms with Gasteiger partial charge in [0.2, 0.25) is 5.91 Å². The molecule has 2 aromatic heterocycles. The Morgan fingerprint density at radius 3 is 2.60 bits per heavy atom. The Labute approximate surface area is 179 Å². The number of hydrogen-bond acceptors (Lipinski definition) is 5. The Hall–Kier alpha value is -3.17. The predicted octanol–water partition coefficient (Wildman–Crippen LogP) is 3.61. The lowest BCUT2D eigenvalue weighted by molar-refractivity contribution is -0.117. The zero-order chi connectivity index (χ0) is 21.1. The second-order valence-corrected chi connectivity index (χ2v) is 7.76. The van der Waals surface area contributed by atoms with Gasteiger partial charge < -0.3 is 5.32 Å². The Morgan fingerprint density at radius 2 is 1.83 bits per heavy atom. The lowest BCUT2D eigenvalue weighted by Crippen LogP contribution is -2.29. The van der Waals surface area contributed by atoms with Gasteiger partial charge in [-0.05, 0) is 42.0 Å². The van der Waals surface area contributed by atoms with Crippen molar-refractivity contribution in [2.24, 2.45) is 0 Å². The molecule has 0 fully saturated rings. The SMILES string of the molecule is O=C(Cn1nc2ccc(SCc3ccc(Cl)cc3)nn2c1=O)Nc1ccccc1F. The summed E-state index contributed by atoms with van der Waals surface area (Å²) >= 11 is 7.35. The van der Waals surface area contributed by atoms with Crippen LogP contribution in [0.4, 0.5) is 10.1 Å². The van der Waals surface area contributed by atoms with Crippen LogP contribution in [0.2, 0.25) is 5.02 Å². The second-order valence-electron chi connectivity index (χ2n) is 6.32. The largest absolute Gasteiger partial charge is 0.367 e. The first-order chi connectivity index (χ1) is 14.5. The maximum absolute atomic E-state index is 13.7. The maximum atomic E-state index is 13.7. The van der Waals surface area contributed by atoms with Crippen molar-refractivity contribution in [3.63, 3.8) is 0 Å². The van der Waals surface area contributed by atoms with Gasteiger partial charge in [0.1, 0.15) is 17.4 Å². The van der Waals surface area contributed by atoms with Gasteiger partial charge in [-0.3, -0.25) is 4.79 Å². The standard InChI is InChI=1S/C20H15ClFN5O2S/c21-14-7-5-13(6-8-14)12-30-19-10-9-17-24-26(20(29)27(17)25-19)11-18(28)23-16-4-2-1-3-15(16)22/h1-10H,11-12H2,(H,23,28). The third-order valence-corrected chi connectivity index (χ3v) is 5.40. The minimum Gasteiger partial charge on any atom is -0.322 e. The molecular formula is C20H15ClFN5O2S. The van der Waals surface area contributed by atoms with Crippen LogP contribution in [0, 0.1) is 5.82 Å². The van der Waals surface area contributed by atoms with Crippen LogP contribution in [0.15, 0.2) is 70.5 Å². The number of aromatic nitrogens is 4. The van der Waals surface area contributed by atoms with Gasteiger partial charge >= 0.3 is 5.69 Å². The highest BCUT2D eigenvalue weighted by atomic mass is 35.5. The smallest absolute Gasteiger partial charge is 0.322 e. The number of thioether (sulfide) groups is 1. The van der Waals surface area contributed by atoms with Crippen LogP contribution in [0.25, 0.3) is 5.65 Å². The fraction of sp³-hybridized carbons (Fsp3) is 0.100. The van der Waals surface area contributed by atoms with E-state index in [1.807, 2.05) is 24.3 Å². The van der Waals surface area contributed by atoms with E-state index in [2.05, 4.69) is 15.5 Å². The van der Waals surface area contributed by atoms with Crippen molar-refractivity contribution in [2.45, 2.75) is 17.3 Å². The Kier molecular flexibility index (Phi) is 5.82. The molecule has 0 aliphatic rings. The number of nitrogens with one attached hydrogen (secondary N) is 1. The molecule has 4 aromatic rings. The van der Waals surface area contributed by atoms with Crippen molar-refractivity contribution in [3.05, 3.63) is 87.6 Å². The molecule has 0 atom stereocenters. The van der Waals surface area contributed by atoms with Gasteiger partial charge in [-0.2, -0.15) is 9.61 Å². The van der Waals surface area contributed by atoms with Gasteiger partial charge in [-0.25, -0.2) is 13.9 Å². The number of fused-ring (bicyclic) bond motifs is 1. The van der Waals surface area contributed by atoms with Crippen LogP contribution >= 0.6 is 23.4 Å². The van der Waals surface area contributed by atoms with E-state index in [9.17, 15) is 14.0 Å². The van der Waals surface area contributed by atoms with E-state index in [0.29, 0.717) is 21.4 Å². The molecule has 0 unspecified atom stereocenters. The minimum absolute atomic E-state index is 0.0401. The molecule has 0 spiro atoms. The van der Waals surface area contributed by atoms with Crippen LogP contribution in [0.1, 0.15) is 5.56 Å². The molecule has 4 rings (SSSR count). The Bertz CT molecular complexity index is 1270. The zero-order valence-corrected chi connectivity index (χ0v) is 17.0. The highest BCUT2D eigenvalue weighted by molar-refractivity contribution is 7.98. The third kappa shape index (κ3) is 4.52. The van der Waals surface area contributed by atoms with E-state index in [1.165, 1.54) is 30.0 Å². The van der Waals surface area contributed by atoms with Crippen LogP contribution < -0.4 is 11.0 Å². The van der Waals surface area contributed by atoms with Crippen LogP contribution in [-0.2, 0) is 17.1 Å². The van der Waals surface area contributed by atoms with Gasteiger partial charge in [0.15, 0.2) is 5.65 Å². The number of nitrogens with zero attached hydrogens (tertiary/aromatic N) is 4. The second kappa shape index (κ2) is 8.68. The number of carbonyl (C=O) groups is 1. The fourth-order valence-electron chi connectivity index (χ4n) is 2.70. The molecule has 1 N–H and O–H groups in total. The number of para-hydroxylation sites is 1. The van der Waals surface area contributed by atoms with E-state index >= 15 is 0 Å². The average molecular weight is 444 g/mol. The number of hydrogen-bond donors (Lipinski definition) is 1. The highest BCUT2D eigenvalue weighted by Gasteiger charge is 2.13. The molecule has 0 radical (unpaired) electrons. The number of rotatable bonds is 6. The minimum atomic E-state index is -0.567. The number of benzene rings is 2. The van der Waals surface area contributed by atoms with Crippen molar-refractivity contribution < 1.29 is 9.18 Å². The lowest BCUT2D eigenvalue weighted by atomic mass is 10.2. The van der Waals surface area contributed by atoms with E-state index in [0.717, 1.165) is 14.8 Å². The molecule has 152 valence electrons. The van der Waals surface area contributed by atoms with Gasteiger partial charge in [0.05, 0.1) is 5.69 Å². The van der Waals surface area contributed by atoms with E-state index in [1.54, 1.807) is 18.2 Å². The summed E-state index contributed by atoms with van der Waals surface area (Å²) in [5.41, 5.74) is 0.870. The van der Waals surface area contributed by atoms with Gasteiger partial charge in [-0.1, -0.05) is 47.6 Å². The van der Waals surface area contributed by atoms with Gasteiger partial charge in [0.25, 0.3) is 0 Å². The number of amides is 1. The van der Waals surface area contributed by atoms with E-state index in [4.69, 9.17) is 11.6 Å². The molecule has 10 heteroatoms. The summed E-state index contributed by atoms with van der Waals surface area (Å²) in [6.45, 7) is -0.357. The van der Waals surface area contributed by atoms with E-state index in [-0.39, 0.29) is 12.2 Å². The van der Waals surface area contributed by atoms with Crippen molar-refractivity contribution in [2.75, 3.05) is 5.32 Å². The van der Waals surface area contributed by atoms with Crippen molar-refractivity contribution in [1.82, 2.24) is 19.4 Å². The monoisotopic (exact) mass is 443 g/mol. The van der Waals surface area contributed by atoms with Gasteiger partial charge in [-0.15, -0.1) is 5.10 Å². The normalized spacial score (nSPS) is 11.0. The number of halogens is 2. The molecule has 0 saturated heterocycles. The number of anilines is 1. The summed E-state index contributed by atoms with van der Waals surface area (Å²) in [5.74, 6) is -0.468. The summed E-state index contributed by atoms with van der Waals surface area (Å²) in [4.78, 5) is 24.8. The van der Waals surface area contributed by atoms with Crippen molar-refractivity contribution in [1.29, 1.82) is 0 Å². The van der Waals surface area contributed by atoms with Crippen LogP contribution in [0.3, 0.4) is 0 Å². The Balaban J connectivity index is 1.48.